The molecular weight excluding hydrogens is 314 g/mol. The highest BCUT2D eigenvalue weighted by molar-refractivity contribution is 6.08. The molecule has 0 fully saturated rings. The molecule has 1 aliphatic rings. The monoisotopic (exact) mass is 335 g/mol. The van der Waals surface area contributed by atoms with Crippen LogP contribution in [0.4, 0.5) is 0 Å². The molecule has 6 nitrogen and oxygen atoms in total. The largest absolute Gasteiger partial charge is 0.507 e. The third-order valence-corrected chi connectivity index (χ3v) is 4.35. The number of nitrogens with two attached hydrogens (primary N) is 1. The summed E-state index contributed by atoms with van der Waals surface area (Å²) in [5.41, 5.74) is 10.00. The zero-order chi connectivity index (χ0) is 17.8. The normalized spacial score (nSPS) is 15.7. The van der Waals surface area contributed by atoms with E-state index < -0.39 is 0 Å². The van der Waals surface area contributed by atoms with Crippen molar-refractivity contribution >= 4 is 17.4 Å². The van der Waals surface area contributed by atoms with E-state index in [4.69, 9.17) is 11.1 Å². The molecule has 1 aromatic carbocycles. The number of nitrogens with one attached hydrogen (secondary N) is 1. The van der Waals surface area contributed by atoms with Gasteiger partial charge in [-0.3, -0.25) is 0 Å². The number of hydrogen-bond donors (Lipinski definition) is 3. The zero-order valence-electron chi connectivity index (χ0n) is 14.1. The second-order valence-corrected chi connectivity index (χ2v) is 6.04. The van der Waals surface area contributed by atoms with Gasteiger partial charge in [-0.15, -0.1) is 5.10 Å². The average molecular weight is 335 g/mol. The van der Waals surface area contributed by atoms with Crippen LogP contribution in [0.3, 0.4) is 0 Å². The number of aromatic nitrogens is 2. The highest BCUT2D eigenvalue weighted by Gasteiger charge is 2.13. The van der Waals surface area contributed by atoms with Gasteiger partial charge in [0.2, 0.25) is 0 Å². The predicted octanol–water partition coefficient (Wildman–Crippen LogP) is 2.52. The summed E-state index contributed by atoms with van der Waals surface area (Å²) in [5.74, 6) is 0.0826. The van der Waals surface area contributed by atoms with Crippen LogP contribution in [0.15, 0.2) is 42.6 Å². The molecule has 128 valence electrons. The molecule has 3 rings (SSSR count). The Labute approximate surface area is 146 Å². The number of hydrogen-bond acceptors (Lipinski definition) is 6. The minimum Gasteiger partial charge on any atom is -0.507 e. The maximum Gasteiger partial charge on any atom is 0.125 e. The SMILES string of the molecule is CN1CC=C(c2ccc(-c3ccc(C(C=N)=CN)cc3O)nn2)CC1. The number of nitrogens with zero attached hydrogens (tertiary/aromatic N) is 3. The number of aromatic hydroxyl groups is 1. The molecule has 1 aliphatic heterocycles. The first-order valence-electron chi connectivity index (χ1n) is 8.10. The van der Waals surface area contributed by atoms with Gasteiger partial charge in [0.15, 0.2) is 0 Å². The Morgan fingerprint density at radius 3 is 2.56 bits per heavy atom. The van der Waals surface area contributed by atoms with Gasteiger partial charge < -0.3 is 21.1 Å². The third-order valence-electron chi connectivity index (χ3n) is 4.35. The number of allylic oxidation sites excluding steroid dienone is 1. The van der Waals surface area contributed by atoms with Crippen LogP contribution in [0.2, 0.25) is 0 Å². The molecule has 0 unspecified atom stereocenters. The van der Waals surface area contributed by atoms with Gasteiger partial charge in [-0.05, 0) is 48.9 Å². The molecule has 0 amide bonds. The van der Waals surface area contributed by atoms with Crippen LogP contribution in [0.5, 0.6) is 5.75 Å². The second-order valence-electron chi connectivity index (χ2n) is 6.04. The molecule has 0 bridgehead atoms. The fraction of sp³-hybridized carbons (Fsp3) is 0.211. The molecular formula is C19H21N5O. The molecule has 0 atom stereocenters. The van der Waals surface area contributed by atoms with Crippen molar-refractivity contribution in [1.82, 2.24) is 15.1 Å². The third kappa shape index (κ3) is 3.59. The molecule has 0 spiro atoms. The van der Waals surface area contributed by atoms with Crippen LogP contribution >= 0.6 is 0 Å². The minimum atomic E-state index is 0.0826. The van der Waals surface area contributed by atoms with Gasteiger partial charge in [-0.1, -0.05) is 12.1 Å². The van der Waals surface area contributed by atoms with E-state index in [1.54, 1.807) is 18.2 Å². The van der Waals surface area contributed by atoms with Crippen molar-refractivity contribution in [2.24, 2.45) is 5.73 Å². The number of phenolic OH excluding ortho intramolecular Hbond substituents is 1. The van der Waals surface area contributed by atoms with Gasteiger partial charge in [0.05, 0.1) is 11.4 Å². The number of rotatable bonds is 4. The second kappa shape index (κ2) is 7.27. The molecule has 25 heavy (non-hydrogen) atoms. The number of likely N-dealkylation sites (N-methyl/N-ethyl adjacent to an activating group) is 1. The van der Waals surface area contributed by atoms with E-state index in [0.717, 1.165) is 31.4 Å². The summed E-state index contributed by atoms with van der Waals surface area (Å²) in [5, 5.41) is 26.2. The quantitative estimate of drug-likeness (QED) is 0.746. The van der Waals surface area contributed by atoms with Crippen LogP contribution in [-0.2, 0) is 0 Å². The van der Waals surface area contributed by atoms with E-state index >= 15 is 0 Å². The van der Waals surface area contributed by atoms with Gasteiger partial charge in [0.1, 0.15) is 5.75 Å². The standard InChI is InChI=1S/C19H21N5O/c1-24-8-6-13(7-9-24)17-4-5-18(23-22-17)16-3-2-14(10-19(16)25)15(11-20)12-21/h2-6,10-12,20,25H,7-9,21H2,1H3. The Kier molecular flexibility index (Phi) is 4.90. The Bertz CT molecular complexity index is 839. The van der Waals surface area contributed by atoms with E-state index in [9.17, 15) is 5.11 Å². The molecule has 2 heterocycles. The first-order valence-corrected chi connectivity index (χ1v) is 8.10. The Morgan fingerprint density at radius 2 is 2.00 bits per heavy atom. The zero-order valence-corrected chi connectivity index (χ0v) is 14.1. The fourth-order valence-corrected chi connectivity index (χ4v) is 2.81. The molecule has 0 aliphatic carbocycles. The Balaban J connectivity index is 1.86. The van der Waals surface area contributed by atoms with Crippen molar-refractivity contribution in [3.63, 3.8) is 0 Å². The summed E-state index contributed by atoms with van der Waals surface area (Å²) >= 11 is 0. The summed E-state index contributed by atoms with van der Waals surface area (Å²) in [4.78, 5) is 2.25. The van der Waals surface area contributed by atoms with Gasteiger partial charge in [-0.2, -0.15) is 5.10 Å². The van der Waals surface area contributed by atoms with Gasteiger partial charge in [0.25, 0.3) is 0 Å². The lowest BCUT2D eigenvalue weighted by Gasteiger charge is -2.21. The van der Waals surface area contributed by atoms with Crippen LogP contribution in [0.1, 0.15) is 17.7 Å². The molecule has 0 radical (unpaired) electrons. The van der Waals surface area contributed by atoms with Crippen LogP contribution in [-0.4, -0.2) is 46.6 Å². The van der Waals surface area contributed by atoms with Crippen LogP contribution in [0.25, 0.3) is 22.4 Å². The molecule has 4 N–H and O–H groups in total. The summed E-state index contributed by atoms with van der Waals surface area (Å²) < 4.78 is 0. The summed E-state index contributed by atoms with van der Waals surface area (Å²) in [6, 6.07) is 8.94. The highest BCUT2D eigenvalue weighted by atomic mass is 16.3. The maximum atomic E-state index is 10.3. The smallest absolute Gasteiger partial charge is 0.125 e. The lowest BCUT2D eigenvalue weighted by Crippen LogP contribution is -2.23. The van der Waals surface area contributed by atoms with Crippen molar-refractivity contribution in [2.75, 3.05) is 20.1 Å². The van der Waals surface area contributed by atoms with E-state index in [1.807, 2.05) is 12.1 Å². The van der Waals surface area contributed by atoms with E-state index in [-0.39, 0.29) is 5.75 Å². The van der Waals surface area contributed by atoms with Crippen molar-refractivity contribution in [3.05, 3.63) is 53.9 Å². The minimum absolute atomic E-state index is 0.0826. The van der Waals surface area contributed by atoms with Crippen LogP contribution in [0, 0.1) is 5.41 Å². The molecule has 0 saturated heterocycles. The Hall–Kier alpha value is -2.99. The lowest BCUT2D eigenvalue weighted by atomic mass is 10.0. The molecule has 1 aromatic heterocycles. The van der Waals surface area contributed by atoms with Gasteiger partial charge in [-0.25, -0.2) is 0 Å². The Morgan fingerprint density at radius 1 is 1.24 bits per heavy atom. The first kappa shape index (κ1) is 16.9. The molecule has 6 heteroatoms. The summed E-state index contributed by atoms with van der Waals surface area (Å²) in [6.45, 7) is 1.94. The highest BCUT2D eigenvalue weighted by Crippen LogP contribution is 2.30. The summed E-state index contributed by atoms with van der Waals surface area (Å²) in [6.07, 6.45) is 5.63. The van der Waals surface area contributed by atoms with E-state index in [0.29, 0.717) is 22.4 Å². The van der Waals surface area contributed by atoms with Crippen molar-refractivity contribution in [2.45, 2.75) is 6.42 Å². The predicted molar refractivity (Wildman–Crippen MR) is 100 cm³/mol. The van der Waals surface area contributed by atoms with Crippen LogP contribution < -0.4 is 5.73 Å². The first-order chi connectivity index (χ1) is 12.1. The fourth-order valence-electron chi connectivity index (χ4n) is 2.81. The van der Waals surface area contributed by atoms with E-state index in [2.05, 4.69) is 28.2 Å². The van der Waals surface area contributed by atoms with Crippen molar-refractivity contribution in [3.8, 4) is 17.0 Å². The number of benzene rings is 1. The number of phenols is 1. The maximum absolute atomic E-state index is 10.3. The molecule has 0 saturated carbocycles. The van der Waals surface area contributed by atoms with Gasteiger partial charge >= 0.3 is 0 Å². The van der Waals surface area contributed by atoms with Gasteiger partial charge in [0, 0.05) is 36.6 Å². The van der Waals surface area contributed by atoms with Crippen molar-refractivity contribution < 1.29 is 5.11 Å². The van der Waals surface area contributed by atoms with E-state index in [1.165, 1.54) is 11.8 Å². The lowest BCUT2D eigenvalue weighted by molar-refractivity contribution is 0.369. The average Bonchev–Trinajstić information content (AvgIpc) is 2.64. The molecule has 2 aromatic rings. The topological polar surface area (TPSA) is 99.1 Å². The van der Waals surface area contributed by atoms with Crippen molar-refractivity contribution in [1.29, 1.82) is 5.41 Å². The summed E-state index contributed by atoms with van der Waals surface area (Å²) in [7, 11) is 2.10.